The van der Waals surface area contributed by atoms with Crippen LogP contribution in [0.2, 0.25) is 0 Å². The van der Waals surface area contributed by atoms with Gasteiger partial charge in [0.2, 0.25) is 0 Å². The number of carbonyl (C=O) groups is 1. The molecule has 1 aromatic heterocycles. The molecule has 2 N–H and O–H groups in total. The molecule has 0 bridgehead atoms. The average Bonchev–Trinajstić information content (AvgIpc) is 2.35. The lowest BCUT2D eigenvalue weighted by molar-refractivity contribution is 0.0916. The molecule has 0 fully saturated rings. The van der Waals surface area contributed by atoms with Crippen molar-refractivity contribution in [3.05, 3.63) is 28.2 Å². The second kappa shape index (κ2) is 6.90. The maximum absolute atomic E-state index is 11.7. The van der Waals surface area contributed by atoms with Crippen LogP contribution in [0.15, 0.2) is 16.9 Å². The third-order valence-electron chi connectivity index (χ3n) is 2.38. The molecule has 0 saturated carbocycles. The van der Waals surface area contributed by atoms with Crippen molar-refractivity contribution in [1.82, 2.24) is 15.1 Å². The molecule has 0 aliphatic heterocycles. The number of rotatable bonds is 6. The van der Waals surface area contributed by atoms with Crippen molar-refractivity contribution in [2.45, 2.75) is 39.3 Å². The standard InChI is InChI=1S/C12H19N3O3/c1-3-4-7-15-11(17)6-5-10(14-15)12(18)13-8-9(2)16/h5-6,9,16H,3-4,7-8H2,1-2H3,(H,13,18). The summed E-state index contributed by atoms with van der Waals surface area (Å²) < 4.78 is 1.29. The van der Waals surface area contributed by atoms with E-state index in [1.54, 1.807) is 6.92 Å². The lowest BCUT2D eigenvalue weighted by atomic mass is 10.3. The summed E-state index contributed by atoms with van der Waals surface area (Å²) in [6.45, 7) is 4.27. The molecule has 1 amide bonds. The minimum absolute atomic E-state index is 0.161. The number of aliphatic hydroxyl groups excluding tert-OH is 1. The summed E-state index contributed by atoms with van der Waals surface area (Å²) in [5.41, 5.74) is -0.0260. The summed E-state index contributed by atoms with van der Waals surface area (Å²) in [5.74, 6) is -0.388. The van der Waals surface area contributed by atoms with E-state index < -0.39 is 6.10 Å². The highest BCUT2D eigenvalue weighted by molar-refractivity contribution is 5.91. The first-order valence-corrected chi connectivity index (χ1v) is 6.09. The minimum Gasteiger partial charge on any atom is -0.392 e. The maximum Gasteiger partial charge on any atom is 0.271 e. The lowest BCUT2D eigenvalue weighted by Crippen LogP contribution is -2.33. The van der Waals surface area contributed by atoms with Gasteiger partial charge in [-0.15, -0.1) is 0 Å². The van der Waals surface area contributed by atoms with Crippen LogP contribution in [0.5, 0.6) is 0 Å². The summed E-state index contributed by atoms with van der Waals surface area (Å²) >= 11 is 0. The number of nitrogens with one attached hydrogen (secondary N) is 1. The molecule has 0 aromatic carbocycles. The third kappa shape index (κ3) is 4.29. The Morgan fingerprint density at radius 3 is 2.89 bits per heavy atom. The van der Waals surface area contributed by atoms with Crippen molar-refractivity contribution in [1.29, 1.82) is 0 Å². The number of unbranched alkanes of at least 4 members (excludes halogenated alkanes) is 1. The van der Waals surface area contributed by atoms with Crippen LogP contribution in [0.3, 0.4) is 0 Å². The van der Waals surface area contributed by atoms with Gasteiger partial charge < -0.3 is 10.4 Å². The largest absolute Gasteiger partial charge is 0.392 e. The van der Waals surface area contributed by atoms with E-state index in [9.17, 15) is 9.59 Å². The van der Waals surface area contributed by atoms with Gasteiger partial charge in [0, 0.05) is 19.2 Å². The zero-order valence-electron chi connectivity index (χ0n) is 10.7. The van der Waals surface area contributed by atoms with Gasteiger partial charge in [-0.05, 0) is 19.4 Å². The Morgan fingerprint density at radius 1 is 1.56 bits per heavy atom. The fourth-order valence-electron chi connectivity index (χ4n) is 1.37. The highest BCUT2D eigenvalue weighted by Gasteiger charge is 2.09. The maximum atomic E-state index is 11.7. The van der Waals surface area contributed by atoms with Crippen LogP contribution in [0.25, 0.3) is 0 Å². The van der Waals surface area contributed by atoms with Gasteiger partial charge in [0.15, 0.2) is 0 Å². The van der Waals surface area contributed by atoms with E-state index in [1.165, 1.54) is 16.8 Å². The zero-order valence-corrected chi connectivity index (χ0v) is 10.7. The number of hydrogen-bond acceptors (Lipinski definition) is 4. The Bertz CT molecular complexity index is 454. The Kier molecular flexibility index (Phi) is 5.51. The molecule has 0 aliphatic rings. The van der Waals surface area contributed by atoms with Gasteiger partial charge in [0.05, 0.1) is 6.10 Å². The average molecular weight is 253 g/mol. The van der Waals surface area contributed by atoms with Gasteiger partial charge in [-0.25, -0.2) is 4.68 Å². The van der Waals surface area contributed by atoms with Crippen LogP contribution < -0.4 is 10.9 Å². The smallest absolute Gasteiger partial charge is 0.271 e. The Morgan fingerprint density at radius 2 is 2.28 bits per heavy atom. The molecule has 1 rings (SSSR count). The molecule has 1 atom stereocenters. The second-order valence-electron chi connectivity index (χ2n) is 4.19. The second-order valence-corrected chi connectivity index (χ2v) is 4.19. The summed E-state index contributed by atoms with van der Waals surface area (Å²) in [4.78, 5) is 23.2. The number of amides is 1. The third-order valence-corrected chi connectivity index (χ3v) is 2.38. The fraction of sp³-hybridized carbons (Fsp3) is 0.583. The Hall–Kier alpha value is -1.69. The van der Waals surface area contributed by atoms with Gasteiger partial charge in [-0.2, -0.15) is 5.10 Å². The van der Waals surface area contributed by atoms with Gasteiger partial charge in [-0.3, -0.25) is 9.59 Å². The van der Waals surface area contributed by atoms with E-state index in [-0.39, 0.29) is 23.7 Å². The first-order chi connectivity index (χ1) is 8.54. The van der Waals surface area contributed by atoms with Gasteiger partial charge >= 0.3 is 0 Å². The number of aromatic nitrogens is 2. The van der Waals surface area contributed by atoms with E-state index in [4.69, 9.17) is 5.11 Å². The van der Waals surface area contributed by atoms with Crippen molar-refractivity contribution < 1.29 is 9.90 Å². The van der Waals surface area contributed by atoms with E-state index in [2.05, 4.69) is 10.4 Å². The zero-order chi connectivity index (χ0) is 13.5. The van der Waals surface area contributed by atoms with Crippen LogP contribution in [0.4, 0.5) is 0 Å². The van der Waals surface area contributed by atoms with Crippen LogP contribution in [-0.4, -0.2) is 33.4 Å². The quantitative estimate of drug-likeness (QED) is 0.756. The molecule has 100 valence electrons. The van der Waals surface area contributed by atoms with E-state index in [0.717, 1.165) is 12.8 Å². The molecule has 6 nitrogen and oxygen atoms in total. The topological polar surface area (TPSA) is 84.2 Å². The van der Waals surface area contributed by atoms with Crippen molar-refractivity contribution in [3.63, 3.8) is 0 Å². The summed E-state index contributed by atoms with van der Waals surface area (Å²) in [6.07, 6.45) is 1.18. The van der Waals surface area contributed by atoms with E-state index >= 15 is 0 Å². The Labute approximate surface area is 106 Å². The summed E-state index contributed by atoms with van der Waals surface area (Å²) in [6, 6.07) is 2.72. The first kappa shape index (κ1) is 14.4. The predicted octanol–water partition coefficient (Wildman–Crippen LogP) is 0.154. The number of aliphatic hydroxyl groups is 1. The Balaban J connectivity index is 2.77. The molecule has 0 aliphatic carbocycles. The van der Waals surface area contributed by atoms with Gasteiger partial charge in [-0.1, -0.05) is 13.3 Å². The van der Waals surface area contributed by atoms with Crippen molar-refractivity contribution in [2.24, 2.45) is 0 Å². The normalized spacial score (nSPS) is 12.2. The SMILES string of the molecule is CCCCn1nc(C(=O)NCC(C)O)ccc1=O. The van der Waals surface area contributed by atoms with Crippen LogP contribution in [0.1, 0.15) is 37.2 Å². The number of aryl methyl sites for hydroxylation is 1. The predicted molar refractivity (Wildman–Crippen MR) is 67.4 cm³/mol. The minimum atomic E-state index is -0.611. The number of nitrogens with zero attached hydrogens (tertiary/aromatic N) is 2. The fourth-order valence-corrected chi connectivity index (χ4v) is 1.37. The van der Waals surface area contributed by atoms with Gasteiger partial charge in [0.1, 0.15) is 5.69 Å². The number of hydrogen-bond donors (Lipinski definition) is 2. The van der Waals surface area contributed by atoms with E-state index in [0.29, 0.717) is 6.54 Å². The molecule has 0 saturated heterocycles. The molecular formula is C12H19N3O3. The monoisotopic (exact) mass is 253 g/mol. The number of carbonyl (C=O) groups excluding carboxylic acids is 1. The first-order valence-electron chi connectivity index (χ1n) is 6.09. The van der Waals surface area contributed by atoms with Crippen molar-refractivity contribution >= 4 is 5.91 Å². The van der Waals surface area contributed by atoms with Crippen molar-refractivity contribution in [3.8, 4) is 0 Å². The molecule has 0 spiro atoms. The molecule has 6 heteroatoms. The van der Waals surface area contributed by atoms with Crippen LogP contribution in [0, 0.1) is 0 Å². The van der Waals surface area contributed by atoms with Crippen molar-refractivity contribution in [2.75, 3.05) is 6.54 Å². The summed E-state index contributed by atoms with van der Waals surface area (Å²) in [5, 5.41) is 15.6. The highest BCUT2D eigenvalue weighted by Crippen LogP contribution is 1.94. The highest BCUT2D eigenvalue weighted by atomic mass is 16.3. The molecule has 1 unspecified atom stereocenters. The molecule has 1 aromatic rings. The summed E-state index contributed by atoms with van der Waals surface area (Å²) in [7, 11) is 0. The van der Waals surface area contributed by atoms with Gasteiger partial charge in [0.25, 0.3) is 11.5 Å². The molecule has 1 heterocycles. The van der Waals surface area contributed by atoms with Crippen LogP contribution >= 0.6 is 0 Å². The molecule has 18 heavy (non-hydrogen) atoms. The van der Waals surface area contributed by atoms with E-state index in [1.807, 2.05) is 6.92 Å². The molecular weight excluding hydrogens is 234 g/mol. The lowest BCUT2D eigenvalue weighted by Gasteiger charge is -2.08. The molecule has 0 radical (unpaired) electrons. The van der Waals surface area contributed by atoms with Crippen LogP contribution in [-0.2, 0) is 6.54 Å².